The zero-order valence-electron chi connectivity index (χ0n) is 14.9. The minimum Gasteiger partial charge on any atom is -0.438 e. The quantitative estimate of drug-likeness (QED) is 0.681. The molecule has 0 aliphatic heterocycles. The van der Waals surface area contributed by atoms with Crippen LogP contribution in [0.3, 0.4) is 0 Å². The van der Waals surface area contributed by atoms with Crippen LogP contribution < -0.4 is 10.5 Å². The number of carbonyl (C=O) groups excluding carboxylic acids is 1. The second kappa shape index (κ2) is 10.7. The SMILES string of the molecule is CN(CC(C)(C)CN)C(=O)c1cccnc1Oc1ccc(Br)cc1.Cl.Cl. The third-order valence-electron chi connectivity index (χ3n) is 3.59. The van der Waals surface area contributed by atoms with E-state index in [-0.39, 0.29) is 36.1 Å². The number of benzene rings is 1. The average molecular weight is 465 g/mol. The number of ether oxygens (including phenoxy) is 1. The standard InChI is InChI=1S/C18H22BrN3O2.2ClH/c1-18(2,11-20)12-22(3)17(23)15-5-4-10-21-16(15)24-14-8-6-13(19)7-9-14;;/h4-10H,11-12,20H2,1-3H3;2*1H. The molecule has 0 fully saturated rings. The number of rotatable bonds is 6. The second-order valence-electron chi connectivity index (χ2n) is 6.44. The molecular weight excluding hydrogens is 441 g/mol. The molecule has 0 aliphatic rings. The predicted octanol–water partition coefficient (Wildman–Crippen LogP) is 4.54. The van der Waals surface area contributed by atoms with Gasteiger partial charge in [0.2, 0.25) is 5.88 Å². The molecule has 0 spiro atoms. The van der Waals surface area contributed by atoms with E-state index in [0.29, 0.717) is 30.3 Å². The number of nitrogens with zero attached hydrogens (tertiary/aromatic N) is 2. The molecule has 0 bridgehead atoms. The van der Waals surface area contributed by atoms with Gasteiger partial charge in [-0.25, -0.2) is 4.98 Å². The molecule has 0 unspecified atom stereocenters. The highest BCUT2D eigenvalue weighted by molar-refractivity contribution is 9.10. The summed E-state index contributed by atoms with van der Waals surface area (Å²) in [5.41, 5.74) is 6.03. The molecule has 0 saturated heterocycles. The van der Waals surface area contributed by atoms with Crippen molar-refractivity contribution >= 4 is 46.7 Å². The van der Waals surface area contributed by atoms with Gasteiger partial charge in [-0.3, -0.25) is 4.79 Å². The van der Waals surface area contributed by atoms with E-state index < -0.39 is 0 Å². The lowest BCUT2D eigenvalue weighted by atomic mass is 9.93. The summed E-state index contributed by atoms with van der Waals surface area (Å²) in [5, 5.41) is 0. The van der Waals surface area contributed by atoms with Gasteiger partial charge in [0.25, 0.3) is 5.91 Å². The van der Waals surface area contributed by atoms with Gasteiger partial charge in [0.15, 0.2) is 0 Å². The molecule has 0 aliphatic carbocycles. The molecular formula is C18H24BrCl2N3O2. The van der Waals surface area contributed by atoms with Crippen LogP contribution in [0.25, 0.3) is 0 Å². The highest BCUT2D eigenvalue weighted by Crippen LogP contribution is 2.26. The number of halogens is 3. The highest BCUT2D eigenvalue weighted by atomic mass is 79.9. The maximum atomic E-state index is 12.8. The molecule has 8 heteroatoms. The van der Waals surface area contributed by atoms with Crippen LogP contribution in [0.2, 0.25) is 0 Å². The minimum absolute atomic E-state index is 0. The number of aromatic nitrogens is 1. The van der Waals surface area contributed by atoms with Gasteiger partial charge >= 0.3 is 0 Å². The second-order valence-corrected chi connectivity index (χ2v) is 7.36. The van der Waals surface area contributed by atoms with E-state index in [1.165, 1.54) is 0 Å². The Bertz CT molecular complexity index is 712. The first kappa shape index (κ1) is 24.7. The smallest absolute Gasteiger partial charge is 0.259 e. The summed E-state index contributed by atoms with van der Waals surface area (Å²) in [6.07, 6.45) is 1.61. The first-order chi connectivity index (χ1) is 11.3. The molecule has 2 rings (SSSR count). The summed E-state index contributed by atoms with van der Waals surface area (Å²) < 4.78 is 6.74. The van der Waals surface area contributed by atoms with Gasteiger partial charge in [0.1, 0.15) is 11.3 Å². The summed E-state index contributed by atoms with van der Waals surface area (Å²) in [5.74, 6) is 0.773. The van der Waals surface area contributed by atoms with E-state index in [1.54, 1.807) is 30.3 Å². The number of carbonyl (C=O) groups is 1. The van der Waals surface area contributed by atoms with Crippen molar-refractivity contribution in [1.82, 2.24) is 9.88 Å². The van der Waals surface area contributed by atoms with Crippen molar-refractivity contribution in [2.45, 2.75) is 13.8 Å². The fraction of sp³-hybridized carbons (Fsp3) is 0.333. The highest BCUT2D eigenvalue weighted by Gasteiger charge is 2.24. The number of pyridine rings is 1. The summed E-state index contributed by atoms with van der Waals surface area (Å²) in [4.78, 5) is 18.6. The van der Waals surface area contributed by atoms with Crippen LogP contribution in [0.4, 0.5) is 0 Å². The van der Waals surface area contributed by atoms with Crippen molar-refractivity contribution in [3.8, 4) is 11.6 Å². The van der Waals surface area contributed by atoms with Crippen molar-refractivity contribution in [3.63, 3.8) is 0 Å². The van der Waals surface area contributed by atoms with Crippen LogP contribution in [-0.2, 0) is 0 Å². The Balaban J connectivity index is 0.00000312. The molecule has 0 saturated carbocycles. The third kappa shape index (κ3) is 6.76. The van der Waals surface area contributed by atoms with E-state index in [0.717, 1.165) is 4.47 Å². The summed E-state index contributed by atoms with van der Waals surface area (Å²) in [6, 6.07) is 10.8. The maximum Gasteiger partial charge on any atom is 0.259 e. The lowest BCUT2D eigenvalue weighted by Gasteiger charge is -2.29. The van der Waals surface area contributed by atoms with E-state index in [4.69, 9.17) is 10.5 Å². The average Bonchev–Trinajstić information content (AvgIpc) is 2.56. The van der Waals surface area contributed by atoms with Crippen LogP contribution in [0.15, 0.2) is 47.1 Å². The van der Waals surface area contributed by atoms with Crippen LogP contribution in [-0.4, -0.2) is 35.9 Å². The van der Waals surface area contributed by atoms with Crippen LogP contribution in [0, 0.1) is 5.41 Å². The molecule has 0 atom stereocenters. The van der Waals surface area contributed by atoms with Crippen LogP contribution in [0.5, 0.6) is 11.6 Å². The lowest BCUT2D eigenvalue weighted by Crippen LogP contribution is -2.39. The first-order valence-electron chi connectivity index (χ1n) is 7.66. The van der Waals surface area contributed by atoms with Gasteiger partial charge in [-0.15, -0.1) is 24.8 Å². The van der Waals surface area contributed by atoms with Crippen LogP contribution >= 0.6 is 40.7 Å². The van der Waals surface area contributed by atoms with Gasteiger partial charge in [-0.2, -0.15) is 0 Å². The van der Waals surface area contributed by atoms with E-state index in [1.807, 2.05) is 38.1 Å². The number of hydrogen-bond acceptors (Lipinski definition) is 4. The predicted molar refractivity (Wildman–Crippen MR) is 113 cm³/mol. The summed E-state index contributed by atoms with van der Waals surface area (Å²) in [6.45, 7) is 5.10. The van der Waals surface area contributed by atoms with Gasteiger partial charge in [0, 0.05) is 24.3 Å². The maximum absolute atomic E-state index is 12.8. The third-order valence-corrected chi connectivity index (χ3v) is 4.12. The van der Waals surface area contributed by atoms with Gasteiger partial charge in [-0.05, 0) is 48.4 Å². The zero-order chi connectivity index (χ0) is 17.7. The molecule has 0 radical (unpaired) electrons. The van der Waals surface area contributed by atoms with Crippen molar-refractivity contribution < 1.29 is 9.53 Å². The molecule has 1 heterocycles. The molecule has 5 nitrogen and oxygen atoms in total. The number of amides is 1. The Morgan fingerprint density at radius 2 is 1.85 bits per heavy atom. The van der Waals surface area contributed by atoms with Crippen LogP contribution in [0.1, 0.15) is 24.2 Å². The van der Waals surface area contributed by atoms with Crippen molar-refractivity contribution in [3.05, 3.63) is 52.6 Å². The summed E-state index contributed by atoms with van der Waals surface area (Å²) in [7, 11) is 1.76. The largest absolute Gasteiger partial charge is 0.438 e. The van der Waals surface area contributed by atoms with Crippen molar-refractivity contribution in [2.75, 3.05) is 20.1 Å². The fourth-order valence-electron chi connectivity index (χ4n) is 2.23. The lowest BCUT2D eigenvalue weighted by molar-refractivity contribution is 0.0737. The molecule has 2 aromatic rings. The van der Waals surface area contributed by atoms with Crippen molar-refractivity contribution in [2.24, 2.45) is 11.1 Å². The van der Waals surface area contributed by atoms with E-state index in [9.17, 15) is 4.79 Å². The normalized spacial score (nSPS) is 10.3. The fourth-order valence-corrected chi connectivity index (χ4v) is 2.50. The number of nitrogens with two attached hydrogens (primary N) is 1. The molecule has 1 aromatic heterocycles. The molecule has 1 aromatic carbocycles. The Labute approximate surface area is 175 Å². The monoisotopic (exact) mass is 463 g/mol. The zero-order valence-corrected chi connectivity index (χ0v) is 18.2. The Morgan fingerprint density at radius 1 is 1.23 bits per heavy atom. The molecule has 1 amide bonds. The molecule has 2 N–H and O–H groups in total. The first-order valence-corrected chi connectivity index (χ1v) is 8.46. The van der Waals surface area contributed by atoms with Crippen molar-refractivity contribution in [1.29, 1.82) is 0 Å². The molecule has 144 valence electrons. The Hall–Kier alpha value is -1.34. The van der Waals surface area contributed by atoms with Gasteiger partial charge in [0.05, 0.1) is 0 Å². The topological polar surface area (TPSA) is 68.5 Å². The Kier molecular flexibility index (Phi) is 10.2. The van der Waals surface area contributed by atoms with E-state index >= 15 is 0 Å². The Morgan fingerprint density at radius 3 is 2.42 bits per heavy atom. The minimum atomic E-state index is -0.153. The number of hydrogen-bond donors (Lipinski definition) is 1. The molecule has 26 heavy (non-hydrogen) atoms. The summed E-state index contributed by atoms with van der Waals surface area (Å²) >= 11 is 3.38. The van der Waals surface area contributed by atoms with Gasteiger partial charge < -0.3 is 15.4 Å². The van der Waals surface area contributed by atoms with E-state index in [2.05, 4.69) is 20.9 Å². The van der Waals surface area contributed by atoms with Gasteiger partial charge in [-0.1, -0.05) is 29.8 Å².